The minimum Gasteiger partial charge on any atom is -0.487 e. The minimum atomic E-state index is -1.01. The fourth-order valence-corrected chi connectivity index (χ4v) is 5.72. The third kappa shape index (κ3) is 4.71. The first-order chi connectivity index (χ1) is 18.1. The van der Waals surface area contributed by atoms with Gasteiger partial charge in [0, 0.05) is 24.1 Å². The van der Waals surface area contributed by atoms with Crippen molar-refractivity contribution in [1.82, 2.24) is 15.2 Å². The quantitative estimate of drug-likeness (QED) is 0.569. The molecule has 3 aliphatic rings. The Labute approximate surface area is 221 Å². The van der Waals surface area contributed by atoms with Gasteiger partial charge in [0.15, 0.2) is 5.96 Å². The lowest BCUT2D eigenvalue weighted by Gasteiger charge is -2.39. The normalized spacial score (nSPS) is 28.3. The van der Waals surface area contributed by atoms with Crippen molar-refractivity contribution in [1.29, 1.82) is 0 Å². The molecule has 1 saturated carbocycles. The molecule has 0 bridgehead atoms. The van der Waals surface area contributed by atoms with Crippen LogP contribution >= 0.6 is 0 Å². The number of fused-ring (bicyclic) bond motifs is 1. The van der Waals surface area contributed by atoms with Gasteiger partial charge in [0.25, 0.3) is 0 Å². The number of nitrogens with zero attached hydrogens (tertiary/aromatic N) is 3. The van der Waals surface area contributed by atoms with Crippen LogP contribution in [-0.4, -0.2) is 38.8 Å². The van der Waals surface area contributed by atoms with E-state index in [1.54, 1.807) is 0 Å². The number of carbonyl (C=O) groups excluding carboxylic acids is 2. The predicted molar refractivity (Wildman–Crippen MR) is 140 cm³/mol. The molecule has 2 aliphatic heterocycles. The van der Waals surface area contributed by atoms with Crippen molar-refractivity contribution in [3.63, 3.8) is 0 Å². The summed E-state index contributed by atoms with van der Waals surface area (Å²) in [6, 6.07) is 8.09. The van der Waals surface area contributed by atoms with Crippen LogP contribution in [0, 0.1) is 30.0 Å². The molecule has 0 saturated heterocycles. The summed E-state index contributed by atoms with van der Waals surface area (Å²) in [4.78, 5) is 36.8. The highest BCUT2D eigenvalue weighted by molar-refractivity contribution is 6.00. The number of nitrogens with two attached hydrogens (primary N) is 1. The summed E-state index contributed by atoms with van der Waals surface area (Å²) >= 11 is 0. The van der Waals surface area contributed by atoms with Crippen LogP contribution in [0.15, 0.2) is 47.7 Å². The summed E-state index contributed by atoms with van der Waals surface area (Å²) < 4.78 is 20.3. The first-order valence-electron chi connectivity index (χ1n) is 12.9. The largest absolute Gasteiger partial charge is 0.487 e. The number of ether oxygens (including phenoxy) is 1. The molecule has 2 aromatic rings. The summed E-state index contributed by atoms with van der Waals surface area (Å²) in [6.45, 7) is 5.84. The van der Waals surface area contributed by atoms with Gasteiger partial charge in [-0.25, -0.2) is 9.38 Å². The van der Waals surface area contributed by atoms with Gasteiger partial charge >= 0.3 is 0 Å². The molecular weight excluding hydrogens is 485 g/mol. The zero-order valence-corrected chi connectivity index (χ0v) is 21.8. The Morgan fingerprint density at radius 2 is 2.13 bits per heavy atom. The van der Waals surface area contributed by atoms with Crippen LogP contribution in [-0.2, 0) is 9.59 Å². The van der Waals surface area contributed by atoms with Crippen LogP contribution < -0.4 is 15.8 Å². The zero-order chi connectivity index (χ0) is 27.2. The monoisotopic (exact) mass is 517 g/mol. The van der Waals surface area contributed by atoms with E-state index < -0.39 is 28.9 Å². The van der Waals surface area contributed by atoms with E-state index in [-0.39, 0.29) is 36.2 Å². The summed E-state index contributed by atoms with van der Waals surface area (Å²) in [7, 11) is 0. The van der Waals surface area contributed by atoms with Gasteiger partial charge in [-0.15, -0.1) is 6.42 Å². The van der Waals surface area contributed by atoms with Crippen molar-refractivity contribution in [2.24, 2.45) is 22.6 Å². The average molecular weight is 518 g/mol. The molecule has 5 rings (SSSR count). The number of pyridine rings is 1. The summed E-state index contributed by atoms with van der Waals surface area (Å²) in [5.41, 5.74) is 6.25. The van der Waals surface area contributed by atoms with E-state index in [0.717, 1.165) is 17.5 Å². The van der Waals surface area contributed by atoms with Gasteiger partial charge in [-0.2, -0.15) is 0 Å². The van der Waals surface area contributed by atoms with E-state index in [1.165, 1.54) is 17.2 Å². The van der Waals surface area contributed by atoms with Crippen molar-refractivity contribution >= 4 is 17.8 Å². The molecule has 3 heterocycles. The molecule has 2 amide bonds. The first kappa shape index (κ1) is 25.7. The molecule has 1 aromatic heterocycles. The summed E-state index contributed by atoms with van der Waals surface area (Å²) in [5.74, 6) is 1.66. The van der Waals surface area contributed by atoms with E-state index in [2.05, 4.69) is 21.2 Å². The standard InChI is InChI=1S/C29H32FN5O3/c1-5-29(6-2)14-24(36)35(27(31)34-29)25(17-11-18(30)16-32-15-17)20-12-21(20)26(37)33-22-13-28(3,4)38-23-10-8-7-9-19(22)23/h1,7-11,15-16,20-22,25H,6,12-14H2,2-4H3,(H2,31,34)(H,33,37)/t20-,21-,22+,25?,29-/m1/s1. The molecule has 0 radical (unpaired) electrons. The van der Waals surface area contributed by atoms with Gasteiger partial charge in [0.2, 0.25) is 11.8 Å². The van der Waals surface area contributed by atoms with Crippen LogP contribution in [0.25, 0.3) is 0 Å². The third-order valence-corrected chi connectivity index (χ3v) is 7.76. The Bertz CT molecular complexity index is 1350. The topological polar surface area (TPSA) is 110 Å². The molecule has 9 heteroatoms. The zero-order valence-electron chi connectivity index (χ0n) is 21.8. The fourth-order valence-electron chi connectivity index (χ4n) is 5.72. The lowest BCUT2D eigenvalue weighted by atomic mass is 9.89. The molecule has 38 heavy (non-hydrogen) atoms. The second-order valence-corrected chi connectivity index (χ2v) is 11.0. The number of guanidine groups is 1. The second-order valence-electron chi connectivity index (χ2n) is 11.0. The summed E-state index contributed by atoms with van der Waals surface area (Å²) in [6.07, 6.45) is 9.85. The summed E-state index contributed by atoms with van der Waals surface area (Å²) in [5, 5.41) is 3.20. The smallest absolute Gasteiger partial charge is 0.233 e. The van der Waals surface area contributed by atoms with E-state index in [0.29, 0.717) is 24.8 Å². The van der Waals surface area contributed by atoms with E-state index >= 15 is 0 Å². The lowest BCUT2D eigenvalue weighted by molar-refractivity contribution is -0.132. The highest BCUT2D eigenvalue weighted by atomic mass is 19.1. The molecule has 198 valence electrons. The fraction of sp³-hybridized carbons (Fsp3) is 0.448. The molecule has 1 aliphatic carbocycles. The molecule has 1 unspecified atom stereocenters. The van der Waals surface area contributed by atoms with E-state index in [4.69, 9.17) is 16.9 Å². The first-order valence-corrected chi connectivity index (χ1v) is 12.9. The number of aliphatic imine (C=N–C) groups is 1. The van der Waals surface area contributed by atoms with Crippen molar-refractivity contribution in [3.05, 3.63) is 59.7 Å². The Balaban J connectivity index is 1.42. The Kier molecular flexibility index (Phi) is 6.38. The van der Waals surface area contributed by atoms with Crippen LogP contribution in [0.1, 0.15) is 69.7 Å². The van der Waals surface area contributed by atoms with Crippen molar-refractivity contribution in [2.75, 3.05) is 0 Å². The highest BCUT2D eigenvalue weighted by Gasteiger charge is 2.54. The van der Waals surface area contributed by atoms with Gasteiger partial charge in [0.05, 0.1) is 24.7 Å². The van der Waals surface area contributed by atoms with Gasteiger partial charge in [0.1, 0.15) is 22.7 Å². The van der Waals surface area contributed by atoms with Crippen LogP contribution in [0.2, 0.25) is 0 Å². The Morgan fingerprint density at radius 1 is 1.37 bits per heavy atom. The van der Waals surface area contributed by atoms with Gasteiger partial charge in [-0.1, -0.05) is 31.0 Å². The predicted octanol–water partition coefficient (Wildman–Crippen LogP) is 3.65. The molecule has 1 aromatic carbocycles. The average Bonchev–Trinajstić information content (AvgIpc) is 3.66. The maximum Gasteiger partial charge on any atom is 0.233 e. The van der Waals surface area contributed by atoms with Crippen molar-refractivity contribution < 1.29 is 18.7 Å². The SMILES string of the molecule is C#C[C@@]1(CC)CC(=O)N(C(c2cncc(F)c2)[C@@H]2C[C@H]2C(=O)N[C@H]2CC(C)(C)Oc3ccccc32)C(N)=N1. The highest BCUT2D eigenvalue weighted by Crippen LogP contribution is 2.52. The number of terminal acetylenes is 1. The van der Waals surface area contributed by atoms with Gasteiger partial charge in [-0.05, 0) is 50.3 Å². The molecule has 1 fully saturated rings. The number of benzene rings is 1. The third-order valence-electron chi connectivity index (χ3n) is 7.76. The molecule has 0 spiro atoms. The molecular formula is C29H32FN5O3. The molecule has 3 N–H and O–H groups in total. The van der Waals surface area contributed by atoms with Crippen molar-refractivity contribution in [2.45, 2.75) is 69.7 Å². The van der Waals surface area contributed by atoms with Gasteiger partial charge in [-0.3, -0.25) is 19.5 Å². The van der Waals surface area contributed by atoms with Gasteiger partial charge < -0.3 is 15.8 Å². The second kappa shape index (κ2) is 9.43. The minimum absolute atomic E-state index is 0.0164. The number of rotatable bonds is 6. The number of hydrogen-bond donors (Lipinski definition) is 2. The maximum absolute atomic E-state index is 14.2. The number of carbonyl (C=O) groups is 2. The van der Waals surface area contributed by atoms with E-state index in [1.807, 2.05) is 45.0 Å². The number of nitrogens with one attached hydrogen (secondary N) is 1. The number of aromatic nitrogens is 1. The maximum atomic E-state index is 14.2. The Morgan fingerprint density at radius 3 is 2.82 bits per heavy atom. The molecule has 5 atom stereocenters. The van der Waals surface area contributed by atoms with Crippen molar-refractivity contribution in [3.8, 4) is 18.1 Å². The van der Waals surface area contributed by atoms with Crippen LogP contribution in [0.3, 0.4) is 0 Å². The lowest BCUT2D eigenvalue weighted by Crippen LogP contribution is -2.53. The number of para-hydroxylation sites is 1. The number of hydrogen-bond acceptors (Lipinski definition) is 6. The Hall–Kier alpha value is -3.93. The van der Waals surface area contributed by atoms with Crippen LogP contribution in [0.5, 0.6) is 5.75 Å². The van der Waals surface area contributed by atoms with E-state index in [9.17, 15) is 14.0 Å². The number of halogens is 1. The van der Waals surface area contributed by atoms with Crippen LogP contribution in [0.4, 0.5) is 4.39 Å². The number of amides is 2. The molecule has 8 nitrogen and oxygen atoms in total.